The number of rotatable bonds is 9. The van der Waals surface area contributed by atoms with Crippen molar-refractivity contribution in [2.45, 2.75) is 45.4 Å². The minimum absolute atomic E-state index is 0.740. The van der Waals surface area contributed by atoms with Crippen LogP contribution in [0.5, 0.6) is 0 Å². The summed E-state index contributed by atoms with van der Waals surface area (Å²) in [5.41, 5.74) is 1.06. The zero-order valence-electron chi connectivity index (χ0n) is 12.4. The van der Waals surface area contributed by atoms with Crippen LogP contribution in [0, 0.1) is 0 Å². The summed E-state index contributed by atoms with van der Waals surface area (Å²) in [5, 5.41) is 14.3. The maximum absolute atomic E-state index is 5.89. The maximum Gasteiger partial charge on any atom is 0.206 e. The van der Waals surface area contributed by atoms with E-state index in [-0.39, 0.29) is 0 Å². The van der Waals surface area contributed by atoms with Crippen LogP contribution >= 0.6 is 22.9 Å². The van der Waals surface area contributed by atoms with Crippen molar-refractivity contribution in [3.63, 3.8) is 0 Å². The van der Waals surface area contributed by atoms with E-state index in [0.717, 1.165) is 27.3 Å². The van der Waals surface area contributed by atoms with E-state index >= 15 is 0 Å². The molecule has 114 valence electrons. The lowest BCUT2D eigenvalue weighted by Gasteiger charge is -2.01. The SMILES string of the molecule is CCCCCCCCNc1nnc(-c2ccc(Cl)cc2)s1. The summed E-state index contributed by atoms with van der Waals surface area (Å²) < 4.78 is 0. The van der Waals surface area contributed by atoms with Crippen LogP contribution in [0.2, 0.25) is 5.02 Å². The smallest absolute Gasteiger partial charge is 0.206 e. The van der Waals surface area contributed by atoms with E-state index in [1.165, 1.54) is 38.5 Å². The molecule has 0 aliphatic rings. The fraction of sp³-hybridized carbons (Fsp3) is 0.500. The van der Waals surface area contributed by atoms with Gasteiger partial charge in [0.2, 0.25) is 5.13 Å². The lowest BCUT2D eigenvalue weighted by atomic mass is 10.1. The molecule has 1 N–H and O–H groups in total. The van der Waals surface area contributed by atoms with Crippen LogP contribution in [0.4, 0.5) is 5.13 Å². The highest BCUT2D eigenvalue weighted by atomic mass is 35.5. The van der Waals surface area contributed by atoms with Gasteiger partial charge in [-0.15, -0.1) is 10.2 Å². The molecule has 0 aliphatic heterocycles. The first-order valence-electron chi connectivity index (χ1n) is 7.63. The third kappa shape index (κ3) is 5.64. The van der Waals surface area contributed by atoms with Crippen molar-refractivity contribution in [3.8, 4) is 10.6 Å². The van der Waals surface area contributed by atoms with Crippen molar-refractivity contribution < 1.29 is 0 Å². The molecule has 0 unspecified atom stereocenters. The second-order valence-corrected chi connectivity index (χ2v) is 6.53. The molecule has 2 rings (SSSR count). The number of nitrogens with zero attached hydrogens (tertiary/aromatic N) is 2. The minimum atomic E-state index is 0.740. The number of anilines is 1. The first-order valence-corrected chi connectivity index (χ1v) is 8.82. The Hall–Kier alpha value is -1.13. The molecule has 5 heteroatoms. The van der Waals surface area contributed by atoms with Gasteiger partial charge in [0.05, 0.1) is 0 Å². The number of halogens is 1. The third-order valence-electron chi connectivity index (χ3n) is 3.32. The summed E-state index contributed by atoms with van der Waals surface area (Å²) in [6.07, 6.45) is 7.83. The molecule has 3 nitrogen and oxygen atoms in total. The zero-order valence-corrected chi connectivity index (χ0v) is 14.0. The predicted octanol–water partition coefficient (Wildman–Crippen LogP) is 5.63. The highest BCUT2D eigenvalue weighted by molar-refractivity contribution is 7.18. The van der Waals surface area contributed by atoms with Crippen molar-refractivity contribution >= 4 is 28.1 Å². The molecule has 0 saturated heterocycles. The Balaban J connectivity index is 1.72. The summed E-state index contributed by atoms with van der Waals surface area (Å²) in [7, 11) is 0. The van der Waals surface area contributed by atoms with Crippen molar-refractivity contribution in [2.75, 3.05) is 11.9 Å². The molecular weight excluding hydrogens is 302 g/mol. The van der Waals surface area contributed by atoms with Gasteiger partial charge in [0, 0.05) is 17.1 Å². The molecule has 0 spiro atoms. The average Bonchev–Trinajstić information content (AvgIpc) is 2.96. The van der Waals surface area contributed by atoms with Gasteiger partial charge in [-0.1, -0.05) is 74.1 Å². The summed E-state index contributed by atoms with van der Waals surface area (Å²) in [5.74, 6) is 0. The van der Waals surface area contributed by atoms with E-state index in [0.29, 0.717) is 0 Å². The molecule has 0 aliphatic carbocycles. The van der Waals surface area contributed by atoms with E-state index in [1.54, 1.807) is 11.3 Å². The topological polar surface area (TPSA) is 37.8 Å². The molecule has 0 amide bonds. The van der Waals surface area contributed by atoms with E-state index in [1.807, 2.05) is 24.3 Å². The minimum Gasteiger partial charge on any atom is -0.360 e. The van der Waals surface area contributed by atoms with Gasteiger partial charge in [-0.25, -0.2) is 0 Å². The Morgan fingerprint density at radius 1 is 1.00 bits per heavy atom. The summed E-state index contributed by atoms with van der Waals surface area (Å²) in [4.78, 5) is 0. The van der Waals surface area contributed by atoms with Gasteiger partial charge >= 0.3 is 0 Å². The monoisotopic (exact) mass is 323 g/mol. The maximum atomic E-state index is 5.89. The van der Waals surface area contributed by atoms with Crippen molar-refractivity contribution in [2.24, 2.45) is 0 Å². The van der Waals surface area contributed by atoms with E-state index < -0.39 is 0 Å². The number of nitrogens with one attached hydrogen (secondary N) is 1. The van der Waals surface area contributed by atoms with Gasteiger partial charge in [-0.05, 0) is 18.6 Å². The molecule has 1 aromatic heterocycles. The predicted molar refractivity (Wildman–Crippen MR) is 92.2 cm³/mol. The van der Waals surface area contributed by atoms with Gasteiger partial charge < -0.3 is 5.32 Å². The second kappa shape index (κ2) is 9.00. The number of unbranched alkanes of at least 4 members (excludes halogenated alkanes) is 5. The first kappa shape index (κ1) is 16.2. The highest BCUT2D eigenvalue weighted by Gasteiger charge is 2.05. The Bertz CT molecular complexity index is 525. The van der Waals surface area contributed by atoms with Crippen LogP contribution in [0.3, 0.4) is 0 Å². The number of hydrogen-bond acceptors (Lipinski definition) is 4. The van der Waals surface area contributed by atoms with Crippen molar-refractivity contribution in [1.82, 2.24) is 10.2 Å². The standard InChI is InChI=1S/C16H22ClN3S/c1-2-3-4-5-6-7-12-18-16-20-19-15(21-16)13-8-10-14(17)11-9-13/h8-11H,2-7,12H2,1H3,(H,18,20). The molecular formula is C16H22ClN3S. The van der Waals surface area contributed by atoms with Crippen LogP contribution in [-0.2, 0) is 0 Å². The fourth-order valence-electron chi connectivity index (χ4n) is 2.10. The second-order valence-electron chi connectivity index (χ2n) is 5.11. The highest BCUT2D eigenvalue weighted by Crippen LogP contribution is 2.27. The van der Waals surface area contributed by atoms with Crippen LogP contribution in [0.1, 0.15) is 45.4 Å². The summed E-state index contributed by atoms with van der Waals surface area (Å²) in [6, 6.07) is 7.70. The van der Waals surface area contributed by atoms with Crippen LogP contribution in [-0.4, -0.2) is 16.7 Å². The van der Waals surface area contributed by atoms with Gasteiger partial charge in [-0.2, -0.15) is 0 Å². The quantitative estimate of drug-likeness (QED) is 0.607. The lowest BCUT2D eigenvalue weighted by molar-refractivity contribution is 0.617. The Morgan fingerprint density at radius 2 is 1.71 bits per heavy atom. The number of hydrogen-bond donors (Lipinski definition) is 1. The molecule has 0 fully saturated rings. The largest absolute Gasteiger partial charge is 0.360 e. The van der Waals surface area contributed by atoms with Gasteiger partial charge in [0.15, 0.2) is 0 Å². The molecule has 0 atom stereocenters. The molecule has 2 aromatic rings. The van der Waals surface area contributed by atoms with E-state index in [9.17, 15) is 0 Å². The van der Waals surface area contributed by atoms with Crippen LogP contribution in [0.25, 0.3) is 10.6 Å². The molecule has 0 radical (unpaired) electrons. The zero-order chi connectivity index (χ0) is 14.9. The number of benzene rings is 1. The summed E-state index contributed by atoms with van der Waals surface area (Å²) >= 11 is 7.48. The van der Waals surface area contributed by atoms with Crippen LogP contribution < -0.4 is 5.32 Å². The lowest BCUT2D eigenvalue weighted by Crippen LogP contribution is -2.00. The van der Waals surface area contributed by atoms with E-state index in [4.69, 9.17) is 11.6 Å². The molecule has 0 bridgehead atoms. The molecule has 21 heavy (non-hydrogen) atoms. The Labute approximate surface area is 135 Å². The van der Waals surface area contributed by atoms with Crippen LogP contribution in [0.15, 0.2) is 24.3 Å². The van der Waals surface area contributed by atoms with Gasteiger partial charge in [0.25, 0.3) is 0 Å². The molecule has 1 heterocycles. The van der Waals surface area contributed by atoms with Crippen molar-refractivity contribution in [3.05, 3.63) is 29.3 Å². The van der Waals surface area contributed by atoms with Gasteiger partial charge in [-0.3, -0.25) is 0 Å². The molecule has 0 saturated carbocycles. The van der Waals surface area contributed by atoms with Crippen molar-refractivity contribution in [1.29, 1.82) is 0 Å². The Kier molecular flexibility index (Phi) is 6.96. The van der Waals surface area contributed by atoms with Gasteiger partial charge in [0.1, 0.15) is 5.01 Å². The normalized spacial score (nSPS) is 10.8. The molecule has 1 aromatic carbocycles. The van der Waals surface area contributed by atoms with E-state index in [2.05, 4.69) is 22.4 Å². The Morgan fingerprint density at radius 3 is 2.48 bits per heavy atom. The fourth-order valence-corrected chi connectivity index (χ4v) is 3.01. The summed E-state index contributed by atoms with van der Waals surface area (Å²) in [6.45, 7) is 3.22. The number of aromatic nitrogens is 2. The first-order chi connectivity index (χ1) is 10.3. The average molecular weight is 324 g/mol. The third-order valence-corrected chi connectivity index (χ3v) is 4.50.